The third-order valence-corrected chi connectivity index (χ3v) is 2.56. The van der Waals surface area contributed by atoms with E-state index in [4.69, 9.17) is 9.84 Å². The van der Waals surface area contributed by atoms with E-state index in [0.29, 0.717) is 0 Å². The molecule has 1 aromatic heterocycles. The van der Waals surface area contributed by atoms with Gasteiger partial charge in [0.1, 0.15) is 12.2 Å². The van der Waals surface area contributed by atoms with Gasteiger partial charge in [-0.2, -0.15) is 5.10 Å². The van der Waals surface area contributed by atoms with Crippen LogP contribution in [-0.2, 0) is 13.7 Å². The summed E-state index contributed by atoms with van der Waals surface area (Å²) in [5.41, 5.74) is 0.148. The number of aromatic nitrogens is 2. The molecule has 1 N–H and O–H groups in total. The summed E-state index contributed by atoms with van der Waals surface area (Å²) in [6.07, 6.45) is 1.15. The van der Waals surface area contributed by atoms with Crippen LogP contribution < -0.4 is 4.74 Å². The molecule has 0 unspecified atom stereocenters. The number of rotatable bonds is 4. The molecule has 1 heterocycles. The molecule has 0 aliphatic rings. The quantitative estimate of drug-likeness (QED) is 0.920. The molecule has 0 amide bonds. The van der Waals surface area contributed by atoms with Crippen LogP contribution in [0.5, 0.6) is 5.75 Å². The predicted molar refractivity (Wildman–Crippen MR) is 60.9 cm³/mol. The third kappa shape index (κ3) is 2.54. The Hall–Kier alpha value is -2.44. The lowest BCUT2D eigenvalue weighted by Gasteiger charge is -2.09. The Kier molecular flexibility index (Phi) is 3.46. The lowest BCUT2D eigenvalue weighted by atomic mass is 10.2. The van der Waals surface area contributed by atoms with Crippen molar-refractivity contribution in [2.24, 2.45) is 7.05 Å². The Morgan fingerprint density at radius 3 is 2.63 bits per heavy atom. The average Bonchev–Trinajstić information content (AvgIpc) is 2.70. The van der Waals surface area contributed by atoms with Crippen molar-refractivity contribution >= 4 is 5.97 Å². The maximum atomic E-state index is 13.3. The molecule has 100 valence electrons. The van der Waals surface area contributed by atoms with Gasteiger partial charge in [-0.25, -0.2) is 13.6 Å². The van der Waals surface area contributed by atoms with Crippen LogP contribution >= 0.6 is 0 Å². The summed E-state index contributed by atoms with van der Waals surface area (Å²) in [6, 6.07) is 3.32. The van der Waals surface area contributed by atoms with Crippen molar-refractivity contribution in [2.45, 2.75) is 6.61 Å². The first-order chi connectivity index (χ1) is 9.00. The number of hydrogen-bond donors (Lipinski definition) is 1. The number of aromatic carboxylic acids is 1. The zero-order chi connectivity index (χ0) is 14.0. The van der Waals surface area contributed by atoms with Gasteiger partial charge >= 0.3 is 5.97 Å². The normalized spacial score (nSPS) is 10.5. The van der Waals surface area contributed by atoms with Crippen LogP contribution in [-0.4, -0.2) is 20.9 Å². The molecule has 0 bridgehead atoms. The smallest absolute Gasteiger partial charge is 0.339 e. The van der Waals surface area contributed by atoms with Crippen LogP contribution in [0.4, 0.5) is 8.78 Å². The van der Waals surface area contributed by atoms with E-state index in [-0.39, 0.29) is 17.9 Å². The molecule has 19 heavy (non-hydrogen) atoms. The molecular formula is C12H10F2N2O3. The second kappa shape index (κ2) is 5.05. The van der Waals surface area contributed by atoms with E-state index in [0.717, 1.165) is 18.3 Å². The molecule has 1 aromatic carbocycles. The minimum atomic E-state index is -1.18. The number of hydrogen-bond acceptors (Lipinski definition) is 3. The average molecular weight is 268 g/mol. The number of para-hydroxylation sites is 1. The second-order valence-corrected chi connectivity index (χ2v) is 3.77. The van der Waals surface area contributed by atoms with Gasteiger partial charge in [-0.1, -0.05) is 6.07 Å². The highest BCUT2D eigenvalue weighted by Crippen LogP contribution is 2.22. The molecular weight excluding hydrogens is 258 g/mol. The van der Waals surface area contributed by atoms with E-state index >= 15 is 0 Å². The molecule has 0 saturated carbocycles. The number of nitrogens with zero attached hydrogens (tertiary/aromatic N) is 2. The molecule has 0 aliphatic carbocycles. The van der Waals surface area contributed by atoms with Gasteiger partial charge in [0.25, 0.3) is 0 Å². The number of benzene rings is 1. The molecule has 0 spiro atoms. The van der Waals surface area contributed by atoms with Crippen molar-refractivity contribution in [3.63, 3.8) is 0 Å². The number of carboxylic acid groups (broad SMARTS) is 1. The summed E-state index contributed by atoms with van der Waals surface area (Å²) >= 11 is 0. The lowest BCUT2D eigenvalue weighted by molar-refractivity contribution is 0.0693. The van der Waals surface area contributed by atoms with Crippen molar-refractivity contribution in [3.05, 3.63) is 47.3 Å². The van der Waals surface area contributed by atoms with E-state index in [1.807, 2.05) is 0 Å². The number of ether oxygens (including phenoxy) is 1. The summed E-state index contributed by atoms with van der Waals surface area (Å²) in [6.45, 7) is -0.296. The van der Waals surface area contributed by atoms with Gasteiger partial charge < -0.3 is 9.84 Å². The summed E-state index contributed by atoms with van der Waals surface area (Å²) < 4.78 is 33.0. The topological polar surface area (TPSA) is 64.4 Å². The van der Waals surface area contributed by atoms with Crippen LogP contribution in [0.3, 0.4) is 0 Å². The zero-order valence-electron chi connectivity index (χ0n) is 9.93. The number of carboxylic acids is 1. The van der Waals surface area contributed by atoms with Gasteiger partial charge in [0.2, 0.25) is 0 Å². The summed E-state index contributed by atoms with van der Waals surface area (Å²) in [4.78, 5) is 10.9. The monoisotopic (exact) mass is 268 g/mol. The minimum Gasteiger partial charge on any atom is -0.481 e. The van der Waals surface area contributed by atoms with Crippen molar-refractivity contribution in [1.82, 2.24) is 9.78 Å². The Bertz CT molecular complexity index is 605. The predicted octanol–water partition coefficient (Wildman–Crippen LogP) is 1.98. The van der Waals surface area contributed by atoms with Crippen LogP contribution in [0.15, 0.2) is 24.4 Å². The van der Waals surface area contributed by atoms with Gasteiger partial charge in [0.15, 0.2) is 17.4 Å². The molecule has 0 atom stereocenters. The van der Waals surface area contributed by atoms with Gasteiger partial charge in [0.05, 0.1) is 11.9 Å². The third-order valence-electron chi connectivity index (χ3n) is 2.56. The second-order valence-electron chi connectivity index (χ2n) is 3.77. The maximum absolute atomic E-state index is 13.3. The Balaban J connectivity index is 2.24. The van der Waals surface area contributed by atoms with E-state index in [1.165, 1.54) is 17.8 Å². The van der Waals surface area contributed by atoms with E-state index in [1.54, 1.807) is 0 Å². The first-order valence-electron chi connectivity index (χ1n) is 5.31. The van der Waals surface area contributed by atoms with Crippen molar-refractivity contribution in [2.75, 3.05) is 0 Å². The number of aryl methyl sites for hydroxylation is 1. The van der Waals surface area contributed by atoms with Crippen LogP contribution in [0.25, 0.3) is 0 Å². The first kappa shape index (κ1) is 13.0. The highest BCUT2D eigenvalue weighted by Gasteiger charge is 2.17. The van der Waals surface area contributed by atoms with Crippen LogP contribution in [0.1, 0.15) is 16.1 Å². The van der Waals surface area contributed by atoms with Gasteiger partial charge in [-0.3, -0.25) is 4.68 Å². The summed E-state index contributed by atoms with van der Waals surface area (Å²) in [7, 11) is 1.52. The molecule has 2 aromatic rings. The fraction of sp³-hybridized carbons (Fsp3) is 0.167. The van der Waals surface area contributed by atoms with Gasteiger partial charge in [-0.15, -0.1) is 0 Å². The fourth-order valence-electron chi connectivity index (χ4n) is 1.57. The molecule has 2 rings (SSSR count). The maximum Gasteiger partial charge on any atom is 0.339 e. The van der Waals surface area contributed by atoms with Crippen LogP contribution in [0, 0.1) is 11.6 Å². The van der Waals surface area contributed by atoms with Crippen molar-refractivity contribution in [3.8, 4) is 5.75 Å². The molecule has 7 heteroatoms. The number of halogens is 2. The number of carbonyl (C=O) groups is 1. The van der Waals surface area contributed by atoms with Gasteiger partial charge in [0, 0.05) is 7.05 Å². The van der Waals surface area contributed by atoms with E-state index < -0.39 is 23.4 Å². The standard InChI is InChI=1S/C12H10F2N2O3/c1-16-10(7(5-15-16)12(17)18)6-19-11-8(13)3-2-4-9(11)14/h2-5H,6H2,1H3,(H,17,18). The Morgan fingerprint density at radius 2 is 2.05 bits per heavy atom. The highest BCUT2D eigenvalue weighted by atomic mass is 19.1. The molecule has 0 radical (unpaired) electrons. The van der Waals surface area contributed by atoms with E-state index in [9.17, 15) is 13.6 Å². The fourth-order valence-corrected chi connectivity index (χ4v) is 1.57. The Morgan fingerprint density at radius 1 is 1.42 bits per heavy atom. The summed E-state index contributed by atoms with van der Waals surface area (Å²) in [5, 5.41) is 12.7. The minimum absolute atomic E-state index is 0.0701. The molecule has 5 nitrogen and oxygen atoms in total. The Labute approximate surface area is 107 Å². The molecule has 0 aliphatic heterocycles. The summed E-state index contributed by atoms with van der Waals surface area (Å²) in [5.74, 6) is -3.42. The SMILES string of the molecule is Cn1ncc(C(=O)O)c1COc1c(F)cccc1F. The largest absolute Gasteiger partial charge is 0.481 e. The van der Waals surface area contributed by atoms with Crippen LogP contribution in [0.2, 0.25) is 0 Å². The van der Waals surface area contributed by atoms with Crippen molar-refractivity contribution < 1.29 is 23.4 Å². The molecule has 0 saturated heterocycles. The van der Waals surface area contributed by atoms with E-state index in [2.05, 4.69) is 5.10 Å². The van der Waals surface area contributed by atoms with Gasteiger partial charge in [-0.05, 0) is 12.1 Å². The van der Waals surface area contributed by atoms with Crippen molar-refractivity contribution in [1.29, 1.82) is 0 Å². The highest BCUT2D eigenvalue weighted by molar-refractivity contribution is 5.88. The zero-order valence-corrected chi connectivity index (χ0v) is 9.93. The molecule has 0 fully saturated rings. The first-order valence-corrected chi connectivity index (χ1v) is 5.31. The lowest BCUT2D eigenvalue weighted by Crippen LogP contribution is -2.09.